The first kappa shape index (κ1) is 19.5. The van der Waals surface area contributed by atoms with E-state index in [0.29, 0.717) is 6.61 Å². The molecule has 3 aromatic rings. The van der Waals surface area contributed by atoms with Crippen molar-refractivity contribution in [3.63, 3.8) is 0 Å². The van der Waals surface area contributed by atoms with E-state index in [0.717, 1.165) is 35.9 Å². The zero-order valence-electron chi connectivity index (χ0n) is 16.0. The second kappa shape index (κ2) is 9.60. The van der Waals surface area contributed by atoms with Crippen molar-refractivity contribution in [3.05, 3.63) is 70.3 Å². The third-order valence-electron chi connectivity index (χ3n) is 4.34. The van der Waals surface area contributed by atoms with E-state index in [4.69, 9.17) is 13.9 Å². The van der Waals surface area contributed by atoms with Gasteiger partial charge in [-0.3, -0.25) is 4.90 Å². The van der Waals surface area contributed by atoms with Crippen LogP contribution in [-0.2, 0) is 13.2 Å². The van der Waals surface area contributed by atoms with E-state index in [1.807, 2.05) is 30.3 Å². The molecule has 3 rings (SSSR count). The zero-order valence-corrected chi connectivity index (χ0v) is 16.8. The van der Waals surface area contributed by atoms with Crippen molar-refractivity contribution in [2.75, 3.05) is 27.7 Å². The minimum absolute atomic E-state index is 0.190. The summed E-state index contributed by atoms with van der Waals surface area (Å²) in [4.78, 5) is 3.34. The van der Waals surface area contributed by atoms with Gasteiger partial charge in [0.15, 0.2) is 11.5 Å². The summed E-state index contributed by atoms with van der Waals surface area (Å²) in [6.07, 6.45) is 1.71. The van der Waals surface area contributed by atoms with Crippen LogP contribution in [0.15, 0.2) is 58.5 Å². The quantitative estimate of drug-likeness (QED) is 0.562. The van der Waals surface area contributed by atoms with E-state index in [9.17, 15) is 0 Å². The van der Waals surface area contributed by atoms with Crippen LogP contribution in [0, 0.1) is 0 Å². The van der Waals surface area contributed by atoms with Crippen LogP contribution in [-0.4, -0.2) is 32.6 Å². The summed E-state index contributed by atoms with van der Waals surface area (Å²) in [6.45, 7) is 2.09. The Morgan fingerprint density at radius 2 is 2.04 bits per heavy atom. The third kappa shape index (κ3) is 5.35. The molecule has 1 atom stereocenters. The number of methoxy groups -OCH3 is 1. The molecule has 1 N–H and O–H groups in total. The molecule has 6 heteroatoms. The smallest absolute Gasteiger partial charge is 0.161 e. The van der Waals surface area contributed by atoms with Gasteiger partial charge in [-0.25, -0.2) is 0 Å². The summed E-state index contributed by atoms with van der Waals surface area (Å²) in [5, 5.41) is 5.55. The highest BCUT2D eigenvalue weighted by Crippen LogP contribution is 2.29. The molecule has 0 aliphatic heterocycles. The maximum absolute atomic E-state index is 5.90. The van der Waals surface area contributed by atoms with E-state index in [2.05, 4.69) is 41.8 Å². The number of thiophene rings is 1. The lowest BCUT2D eigenvalue weighted by molar-refractivity contribution is 0.250. The van der Waals surface area contributed by atoms with Crippen LogP contribution in [0.1, 0.15) is 22.2 Å². The molecule has 27 heavy (non-hydrogen) atoms. The van der Waals surface area contributed by atoms with Gasteiger partial charge in [0.25, 0.3) is 0 Å². The Bertz CT molecular complexity index is 801. The summed E-state index contributed by atoms with van der Waals surface area (Å²) in [5.41, 5.74) is 1.15. The molecular weight excluding hydrogens is 360 g/mol. The molecule has 0 bridgehead atoms. The van der Waals surface area contributed by atoms with E-state index in [1.165, 1.54) is 4.88 Å². The first-order chi connectivity index (χ1) is 13.2. The number of ether oxygens (including phenoxy) is 2. The van der Waals surface area contributed by atoms with Crippen LogP contribution in [0.25, 0.3) is 0 Å². The Morgan fingerprint density at radius 1 is 1.15 bits per heavy atom. The van der Waals surface area contributed by atoms with Crippen molar-refractivity contribution in [2.45, 2.75) is 19.2 Å². The normalized spacial score (nSPS) is 12.3. The Morgan fingerprint density at radius 3 is 2.70 bits per heavy atom. The molecule has 0 spiro atoms. The second-order valence-corrected chi connectivity index (χ2v) is 7.51. The highest BCUT2D eigenvalue weighted by molar-refractivity contribution is 7.09. The predicted molar refractivity (Wildman–Crippen MR) is 108 cm³/mol. The molecule has 2 heterocycles. The van der Waals surface area contributed by atoms with E-state index >= 15 is 0 Å². The van der Waals surface area contributed by atoms with Crippen LogP contribution in [0.5, 0.6) is 11.5 Å². The summed E-state index contributed by atoms with van der Waals surface area (Å²) in [7, 11) is 5.78. The molecule has 144 valence electrons. The zero-order chi connectivity index (χ0) is 19.1. The largest absolute Gasteiger partial charge is 0.493 e. The molecule has 0 saturated heterocycles. The SMILES string of the molecule is COc1cc(CNCC(c2ccco2)N(C)C)ccc1OCc1cccs1. The van der Waals surface area contributed by atoms with Crippen molar-refractivity contribution in [1.82, 2.24) is 10.2 Å². The average molecular weight is 387 g/mol. The Balaban J connectivity index is 1.57. The molecular formula is C21H26N2O3S. The van der Waals surface area contributed by atoms with E-state index in [-0.39, 0.29) is 6.04 Å². The van der Waals surface area contributed by atoms with E-state index in [1.54, 1.807) is 24.7 Å². The molecule has 0 aliphatic rings. The molecule has 2 aromatic heterocycles. The minimum Gasteiger partial charge on any atom is -0.493 e. The summed E-state index contributed by atoms with van der Waals surface area (Å²) < 4.78 is 17.0. The number of hydrogen-bond donors (Lipinski definition) is 1. The average Bonchev–Trinajstić information content (AvgIpc) is 3.37. The number of nitrogens with zero attached hydrogens (tertiary/aromatic N) is 1. The van der Waals surface area contributed by atoms with Gasteiger partial charge >= 0.3 is 0 Å². The number of rotatable bonds is 10. The fourth-order valence-electron chi connectivity index (χ4n) is 2.86. The van der Waals surface area contributed by atoms with Crippen LogP contribution in [0.4, 0.5) is 0 Å². The van der Waals surface area contributed by atoms with Crippen molar-refractivity contribution < 1.29 is 13.9 Å². The van der Waals surface area contributed by atoms with Gasteiger partial charge in [0.2, 0.25) is 0 Å². The summed E-state index contributed by atoms with van der Waals surface area (Å²) in [6, 6.07) is 14.3. The fraction of sp³-hybridized carbons (Fsp3) is 0.333. The molecule has 5 nitrogen and oxygen atoms in total. The third-order valence-corrected chi connectivity index (χ3v) is 5.19. The molecule has 0 aliphatic carbocycles. The first-order valence-corrected chi connectivity index (χ1v) is 9.78. The van der Waals surface area contributed by atoms with Crippen molar-refractivity contribution >= 4 is 11.3 Å². The number of likely N-dealkylation sites (N-methyl/N-ethyl adjacent to an activating group) is 1. The summed E-state index contributed by atoms with van der Waals surface area (Å²) in [5.74, 6) is 2.47. The lowest BCUT2D eigenvalue weighted by atomic mass is 10.1. The second-order valence-electron chi connectivity index (χ2n) is 6.48. The highest BCUT2D eigenvalue weighted by atomic mass is 32.1. The standard InChI is InChI=1S/C21H26N2O3S/c1-23(2)18(19-7-4-10-25-19)14-22-13-16-8-9-20(21(12-16)24-3)26-15-17-6-5-11-27-17/h4-12,18,22H,13-15H2,1-3H3. The number of nitrogens with one attached hydrogen (secondary N) is 1. The summed E-state index contributed by atoms with van der Waals surface area (Å²) >= 11 is 1.69. The van der Waals surface area contributed by atoms with Crippen LogP contribution in [0.3, 0.4) is 0 Å². The van der Waals surface area contributed by atoms with Gasteiger partial charge in [0.05, 0.1) is 19.4 Å². The van der Waals surface area contributed by atoms with Gasteiger partial charge < -0.3 is 19.2 Å². The number of furan rings is 1. The molecule has 0 saturated carbocycles. The number of benzene rings is 1. The molecule has 1 aromatic carbocycles. The van der Waals surface area contributed by atoms with Crippen LogP contribution in [0.2, 0.25) is 0 Å². The topological polar surface area (TPSA) is 46.9 Å². The van der Waals surface area contributed by atoms with Gasteiger partial charge in [-0.05, 0) is 55.4 Å². The van der Waals surface area contributed by atoms with Crippen LogP contribution >= 0.6 is 11.3 Å². The van der Waals surface area contributed by atoms with Crippen LogP contribution < -0.4 is 14.8 Å². The van der Waals surface area contributed by atoms with Gasteiger partial charge in [0.1, 0.15) is 12.4 Å². The van der Waals surface area contributed by atoms with Crippen molar-refractivity contribution in [2.24, 2.45) is 0 Å². The van der Waals surface area contributed by atoms with Gasteiger partial charge in [0, 0.05) is 18.0 Å². The first-order valence-electron chi connectivity index (χ1n) is 8.90. The highest BCUT2D eigenvalue weighted by Gasteiger charge is 2.16. The predicted octanol–water partition coefficient (Wildman–Crippen LogP) is 4.32. The maximum Gasteiger partial charge on any atom is 0.161 e. The Hall–Kier alpha value is -2.28. The van der Waals surface area contributed by atoms with Gasteiger partial charge in [-0.15, -0.1) is 11.3 Å². The lowest BCUT2D eigenvalue weighted by Gasteiger charge is -2.22. The monoisotopic (exact) mass is 386 g/mol. The Labute approximate surface area is 164 Å². The van der Waals surface area contributed by atoms with E-state index < -0.39 is 0 Å². The van der Waals surface area contributed by atoms with Crippen molar-refractivity contribution in [1.29, 1.82) is 0 Å². The minimum atomic E-state index is 0.190. The molecule has 0 amide bonds. The van der Waals surface area contributed by atoms with Crippen molar-refractivity contribution in [3.8, 4) is 11.5 Å². The Kier molecular flexibility index (Phi) is 6.92. The van der Waals surface area contributed by atoms with Gasteiger partial charge in [-0.1, -0.05) is 12.1 Å². The maximum atomic E-state index is 5.90. The molecule has 0 radical (unpaired) electrons. The molecule has 0 fully saturated rings. The molecule has 1 unspecified atom stereocenters. The fourth-order valence-corrected chi connectivity index (χ4v) is 3.47. The lowest BCUT2D eigenvalue weighted by Crippen LogP contribution is -2.30. The van der Waals surface area contributed by atoms with Gasteiger partial charge in [-0.2, -0.15) is 0 Å². The number of hydrogen-bond acceptors (Lipinski definition) is 6.